The molecule has 0 fully saturated rings. The average Bonchev–Trinajstić information content (AvgIpc) is 2.62. The SMILES string of the molecule is CC.CS(=O)c1c(-c2ccc(C(C)(C)C)cc2)nc2n(c1=O)CCCC2. The first-order valence-electron chi connectivity index (χ1n) is 9.37. The summed E-state index contributed by atoms with van der Waals surface area (Å²) in [7, 11) is -1.37. The number of hydrogen-bond acceptors (Lipinski definition) is 3. The van der Waals surface area contributed by atoms with Crippen LogP contribution in [0.5, 0.6) is 0 Å². The van der Waals surface area contributed by atoms with Crippen molar-refractivity contribution in [2.24, 2.45) is 0 Å². The van der Waals surface area contributed by atoms with Gasteiger partial charge in [-0.05, 0) is 23.8 Å². The van der Waals surface area contributed by atoms with Crippen LogP contribution in [-0.2, 0) is 29.2 Å². The molecule has 2 heterocycles. The van der Waals surface area contributed by atoms with Crippen molar-refractivity contribution in [2.75, 3.05) is 6.26 Å². The maximum atomic E-state index is 12.8. The third kappa shape index (κ3) is 4.14. The van der Waals surface area contributed by atoms with Crippen molar-refractivity contribution in [1.82, 2.24) is 9.55 Å². The highest BCUT2D eigenvalue weighted by atomic mass is 32.2. The predicted octanol–water partition coefficient (Wildman–Crippen LogP) is 4.31. The monoisotopic (exact) mass is 374 g/mol. The van der Waals surface area contributed by atoms with Crippen molar-refractivity contribution < 1.29 is 4.21 Å². The lowest BCUT2D eigenvalue weighted by molar-refractivity contribution is 0.489. The molecule has 142 valence electrons. The van der Waals surface area contributed by atoms with Gasteiger partial charge in [-0.2, -0.15) is 0 Å². The lowest BCUT2D eigenvalue weighted by Gasteiger charge is -2.21. The van der Waals surface area contributed by atoms with Gasteiger partial charge >= 0.3 is 0 Å². The van der Waals surface area contributed by atoms with Crippen molar-refractivity contribution in [2.45, 2.75) is 70.7 Å². The molecule has 1 aromatic carbocycles. The minimum absolute atomic E-state index is 0.0672. The Balaban J connectivity index is 0.00000117. The van der Waals surface area contributed by atoms with Gasteiger partial charge in [-0.1, -0.05) is 58.9 Å². The van der Waals surface area contributed by atoms with Gasteiger partial charge in [0.15, 0.2) is 0 Å². The van der Waals surface area contributed by atoms with Gasteiger partial charge in [0.25, 0.3) is 5.56 Å². The van der Waals surface area contributed by atoms with Crippen molar-refractivity contribution in [3.05, 3.63) is 46.0 Å². The Kier molecular flexibility index (Phi) is 6.56. The third-order valence-corrected chi connectivity index (χ3v) is 5.49. The van der Waals surface area contributed by atoms with Crippen LogP contribution in [0, 0.1) is 0 Å². The van der Waals surface area contributed by atoms with Gasteiger partial charge < -0.3 is 0 Å². The van der Waals surface area contributed by atoms with Gasteiger partial charge in [0.2, 0.25) is 0 Å². The molecule has 0 aliphatic carbocycles. The van der Waals surface area contributed by atoms with Crippen LogP contribution in [0.2, 0.25) is 0 Å². The molecule has 0 amide bonds. The van der Waals surface area contributed by atoms with Gasteiger partial charge in [-0.3, -0.25) is 13.6 Å². The molecule has 4 nitrogen and oxygen atoms in total. The standard InChI is InChI=1S/C19H24N2O2S.C2H6/c1-19(2,3)14-10-8-13(9-11-14)16-17(24(4)23)18(22)21-12-6-5-7-15(21)20-16;1-2/h8-11H,5-7,12H2,1-4H3;1-2H3. The average molecular weight is 375 g/mol. The summed E-state index contributed by atoms with van der Waals surface area (Å²) in [6, 6.07) is 8.10. The second-order valence-electron chi connectivity index (χ2n) is 7.40. The van der Waals surface area contributed by atoms with E-state index in [-0.39, 0.29) is 11.0 Å². The largest absolute Gasteiger partial charge is 0.296 e. The van der Waals surface area contributed by atoms with Crippen LogP contribution in [0.3, 0.4) is 0 Å². The first-order valence-corrected chi connectivity index (χ1v) is 10.9. The molecule has 0 bridgehead atoms. The summed E-state index contributed by atoms with van der Waals surface area (Å²) in [5, 5.41) is 0. The molecule has 0 spiro atoms. The summed E-state index contributed by atoms with van der Waals surface area (Å²) in [4.78, 5) is 17.9. The van der Waals surface area contributed by atoms with E-state index in [2.05, 4.69) is 32.9 Å². The molecule has 0 saturated heterocycles. The smallest absolute Gasteiger partial charge is 0.270 e. The van der Waals surface area contributed by atoms with Crippen molar-refractivity contribution in [1.29, 1.82) is 0 Å². The molecule has 2 aromatic rings. The van der Waals surface area contributed by atoms with Gasteiger partial charge in [0, 0.05) is 24.8 Å². The second kappa shape index (κ2) is 8.30. The summed E-state index contributed by atoms with van der Waals surface area (Å²) in [5.41, 5.74) is 2.59. The van der Waals surface area contributed by atoms with Crippen molar-refractivity contribution >= 4 is 10.8 Å². The normalized spacial score (nSPS) is 14.8. The lowest BCUT2D eigenvalue weighted by atomic mass is 9.86. The number of hydrogen-bond donors (Lipinski definition) is 0. The Morgan fingerprint density at radius 1 is 1.08 bits per heavy atom. The van der Waals surface area contributed by atoms with Crippen LogP contribution in [0.25, 0.3) is 11.3 Å². The topological polar surface area (TPSA) is 52.0 Å². The van der Waals surface area contributed by atoms with Gasteiger partial charge in [0.1, 0.15) is 10.7 Å². The van der Waals surface area contributed by atoms with Gasteiger partial charge in [0.05, 0.1) is 16.5 Å². The molecule has 0 N–H and O–H groups in total. The maximum Gasteiger partial charge on any atom is 0.270 e. The summed E-state index contributed by atoms with van der Waals surface area (Å²) >= 11 is 0. The number of rotatable bonds is 2. The van der Waals surface area contributed by atoms with E-state index in [4.69, 9.17) is 4.98 Å². The molecule has 1 atom stereocenters. The maximum absolute atomic E-state index is 12.8. The van der Waals surface area contributed by atoms with E-state index in [9.17, 15) is 9.00 Å². The minimum Gasteiger partial charge on any atom is -0.296 e. The first-order chi connectivity index (χ1) is 12.3. The van der Waals surface area contributed by atoms with Crippen LogP contribution in [0.4, 0.5) is 0 Å². The lowest BCUT2D eigenvalue weighted by Crippen LogP contribution is -2.31. The van der Waals surface area contributed by atoms with Crippen LogP contribution in [0.15, 0.2) is 34.0 Å². The Morgan fingerprint density at radius 3 is 2.23 bits per heavy atom. The minimum atomic E-state index is -1.37. The highest BCUT2D eigenvalue weighted by molar-refractivity contribution is 7.84. The Hall–Kier alpha value is -1.75. The molecule has 3 rings (SSSR count). The van der Waals surface area contributed by atoms with Crippen LogP contribution in [0.1, 0.15) is 58.8 Å². The Morgan fingerprint density at radius 2 is 1.69 bits per heavy atom. The summed E-state index contributed by atoms with van der Waals surface area (Å²) in [5.74, 6) is 0.815. The van der Waals surface area contributed by atoms with Crippen molar-refractivity contribution in [3.8, 4) is 11.3 Å². The summed E-state index contributed by atoms with van der Waals surface area (Å²) < 4.78 is 13.9. The van der Waals surface area contributed by atoms with E-state index >= 15 is 0 Å². The molecule has 1 aromatic heterocycles. The molecule has 1 unspecified atom stereocenters. The molecular formula is C21H30N2O2S. The summed E-state index contributed by atoms with van der Waals surface area (Å²) in [6.45, 7) is 11.2. The highest BCUT2D eigenvalue weighted by Crippen LogP contribution is 2.28. The van der Waals surface area contributed by atoms with Crippen molar-refractivity contribution in [3.63, 3.8) is 0 Å². The molecular weight excluding hydrogens is 344 g/mol. The van der Waals surface area contributed by atoms with Gasteiger partial charge in [-0.15, -0.1) is 0 Å². The fourth-order valence-corrected chi connectivity index (χ4v) is 3.93. The number of fused-ring (bicyclic) bond motifs is 1. The molecule has 26 heavy (non-hydrogen) atoms. The zero-order valence-corrected chi connectivity index (χ0v) is 17.6. The van der Waals surface area contributed by atoms with E-state index in [1.54, 1.807) is 10.8 Å². The van der Waals surface area contributed by atoms with E-state index in [0.717, 1.165) is 30.7 Å². The number of aryl methyl sites for hydroxylation is 1. The van der Waals surface area contributed by atoms with Crippen LogP contribution in [-0.4, -0.2) is 20.0 Å². The fraction of sp³-hybridized carbons (Fsp3) is 0.524. The van der Waals surface area contributed by atoms with E-state index in [1.165, 1.54) is 5.56 Å². The number of aromatic nitrogens is 2. The summed E-state index contributed by atoms with van der Waals surface area (Å²) in [6.07, 6.45) is 4.38. The van der Waals surface area contributed by atoms with E-state index in [0.29, 0.717) is 17.1 Å². The molecule has 0 saturated carbocycles. The van der Waals surface area contributed by atoms with Crippen LogP contribution >= 0.6 is 0 Å². The predicted molar refractivity (Wildman–Crippen MR) is 109 cm³/mol. The third-order valence-electron chi connectivity index (χ3n) is 4.55. The second-order valence-corrected chi connectivity index (χ2v) is 8.72. The van der Waals surface area contributed by atoms with E-state index < -0.39 is 10.8 Å². The Bertz CT molecular complexity index is 846. The quantitative estimate of drug-likeness (QED) is 0.787. The van der Waals surface area contributed by atoms with Crippen LogP contribution < -0.4 is 5.56 Å². The number of benzene rings is 1. The zero-order valence-electron chi connectivity index (χ0n) is 16.8. The molecule has 1 aliphatic rings. The highest BCUT2D eigenvalue weighted by Gasteiger charge is 2.22. The Labute approximate surface area is 159 Å². The molecule has 5 heteroatoms. The molecule has 1 aliphatic heterocycles. The molecule has 0 radical (unpaired) electrons. The van der Waals surface area contributed by atoms with E-state index in [1.807, 2.05) is 26.0 Å². The number of nitrogens with zero attached hydrogens (tertiary/aromatic N) is 2. The fourth-order valence-electron chi connectivity index (χ4n) is 3.14. The first kappa shape index (κ1) is 20.6. The van der Waals surface area contributed by atoms with Gasteiger partial charge in [-0.25, -0.2) is 4.98 Å². The zero-order chi connectivity index (χ0) is 19.5.